The number of halogens is 1. The predicted octanol–water partition coefficient (Wildman–Crippen LogP) is -0.325. The maximum atomic E-state index is 13.3. The van der Waals surface area contributed by atoms with Crippen molar-refractivity contribution in [2.45, 2.75) is 12.8 Å². The molecule has 0 radical (unpaired) electrons. The van der Waals surface area contributed by atoms with E-state index < -0.39 is 22.8 Å². The van der Waals surface area contributed by atoms with Crippen LogP contribution in [0.2, 0.25) is 0 Å². The molecular weight excluding hydrogens is 313 g/mol. The number of nitrogens with one attached hydrogen (secondary N) is 1. The first-order valence-corrected chi connectivity index (χ1v) is 8.70. The van der Waals surface area contributed by atoms with E-state index in [1.165, 1.54) is 8.61 Å². The lowest BCUT2D eigenvalue weighted by atomic mass is 9.97. The van der Waals surface area contributed by atoms with Crippen LogP contribution in [0.25, 0.3) is 0 Å². The van der Waals surface area contributed by atoms with Gasteiger partial charge in [0.25, 0.3) is 10.2 Å². The normalized spacial score (nSPS) is 28.3. The van der Waals surface area contributed by atoms with Gasteiger partial charge in [-0.25, -0.2) is 4.98 Å². The predicted molar refractivity (Wildman–Crippen MR) is 76.2 cm³/mol. The number of aryl methyl sites for hydroxylation is 1. The topological polar surface area (TPSA) is 91.4 Å². The Kier molecular flexibility index (Phi) is 4.44. The molecule has 2 saturated heterocycles. The first-order valence-electron chi connectivity index (χ1n) is 7.30. The Morgan fingerprint density at radius 2 is 2.05 bits per heavy atom. The summed E-state index contributed by atoms with van der Waals surface area (Å²) < 4.78 is 46.6. The quantitative estimate of drug-likeness (QED) is 0.815. The molecule has 0 aromatic carbocycles. The number of H-pyrrole nitrogens is 1. The van der Waals surface area contributed by atoms with Gasteiger partial charge in [-0.15, -0.1) is 0 Å². The van der Waals surface area contributed by atoms with Crippen molar-refractivity contribution >= 4 is 10.2 Å². The van der Waals surface area contributed by atoms with Crippen molar-refractivity contribution in [2.75, 3.05) is 46.1 Å². The van der Waals surface area contributed by atoms with E-state index >= 15 is 0 Å². The Labute approximate surface area is 128 Å². The van der Waals surface area contributed by atoms with Crippen molar-refractivity contribution in [3.05, 3.63) is 11.6 Å². The summed E-state index contributed by atoms with van der Waals surface area (Å²) in [6.45, 7) is 3.00. The molecule has 3 heterocycles. The number of nitrogens with zero attached hydrogens (tertiary/aromatic N) is 4. The van der Waals surface area contributed by atoms with E-state index in [1.54, 1.807) is 6.92 Å². The molecule has 2 fully saturated rings. The van der Waals surface area contributed by atoms with E-state index in [2.05, 4.69) is 15.2 Å². The lowest BCUT2D eigenvalue weighted by Crippen LogP contribution is -2.48. The van der Waals surface area contributed by atoms with Crippen molar-refractivity contribution in [3.8, 4) is 0 Å². The molecule has 0 aliphatic carbocycles. The van der Waals surface area contributed by atoms with Crippen LogP contribution < -0.4 is 0 Å². The summed E-state index contributed by atoms with van der Waals surface area (Å²) in [4.78, 5) is 4.23. The van der Waals surface area contributed by atoms with Crippen LogP contribution in [0.15, 0.2) is 0 Å². The van der Waals surface area contributed by atoms with Gasteiger partial charge in [0, 0.05) is 38.0 Å². The number of hydrogen-bond acceptors (Lipinski definition) is 5. The lowest BCUT2D eigenvalue weighted by Gasteiger charge is -2.30. The van der Waals surface area contributed by atoms with Gasteiger partial charge >= 0.3 is 0 Å². The zero-order valence-electron chi connectivity index (χ0n) is 12.4. The van der Waals surface area contributed by atoms with Crippen molar-refractivity contribution in [3.63, 3.8) is 0 Å². The Balaban J connectivity index is 1.78. The highest BCUT2D eigenvalue weighted by Crippen LogP contribution is 2.33. The third-order valence-corrected chi connectivity index (χ3v) is 6.14. The summed E-state index contributed by atoms with van der Waals surface area (Å²) in [7, 11) is -3.58. The molecule has 0 saturated carbocycles. The summed E-state index contributed by atoms with van der Waals surface area (Å²) in [5.74, 6) is 0.402. The minimum Gasteiger partial charge on any atom is -0.379 e. The monoisotopic (exact) mass is 333 g/mol. The highest BCUT2D eigenvalue weighted by atomic mass is 32.2. The third kappa shape index (κ3) is 2.87. The molecule has 1 aromatic heterocycles. The molecule has 10 heteroatoms. The fourth-order valence-electron chi connectivity index (χ4n) is 2.94. The van der Waals surface area contributed by atoms with Crippen LogP contribution in [-0.2, 0) is 14.9 Å². The molecule has 2 atom stereocenters. The molecule has 1 aromatic rings. The molecule has 3 rings (SSSR count). The van der Waals surface area contributed by atoms with Crippen LogP contribution in [0.3, 0.4) is 0 Å². The third-order valence-electron chi connectivity index (χ3n) is 4.17. The first-order chi connectivity index (χ1) is 10.5. The minimum atomic E-state index is -3.58. The lowest BCUT2D eigenvalue weighted by molar-refractivity contribution is 0.0705. The van der Waals surface area contributed by atoms with E-state index in [4.69, 9.17) is 4.74 Å². The van der Waals surface area contributed by atoms with E-state index in [9.17, 15) is 12.8 Å². The fourth-order valence-corrected chi connectivity index (χ4v) is 4.60. The van der Waals surface area contributed by atoms with Gasteiger partial charge in [0.2, 0.25) is 0 Å². The number of alkyl halides is 1. The fraction of sp³-hybridized carbons (Fsp3) is 0.833. The number of morpholine rings is 1. The Hall–Kier alpha value is -1.10. The van der Waals surface area contributed by atoms with Gasteiger partial charge in [0.1, 0.15) is 5.82 Å². The van der Waals surface area contributed by atoms with Crippen molar-refractivity contribution in [1.29, 1.82) is 0 Å². The summed E-state index contributed by atoms with van der Waals surface area (Å²) in [6, 6.07) is 0. The van der Waals surface area contributed by atoms with Crippen LogP contribution in [0.1, 0.15) is 17.6 Å². The summed E-state index contributed by atoms with van der Waals surface area (Å²) in [5, 5.41) is 6.80. The van der Waals surface area contributed by atoms with E-state index in [0.29, 0.717) is 38.0 Å². The number of ether oxygens (including phenoxy) is 1. The Morgan fingerprint density at radius 3 is 2.64 bits per heavy atom. The second kappa shape index (κ2) is 6.19. The molecule has 124 valence electrons. The zero-order chi connectivity index (χ0) is 15.7. The van der Waals surface area contributed by atoms with Gasteiger partial charge in [-0.05, 0) is 6.92 Å². The molecule has 2 aliphatic rings. The molecule has 1 N–H and O–H groups in total. The van der Waals surface area contributed by atoms with Crippen molar-refractivity contribution in [1.82, 2.24) is 23.8 Å². The van der Waals surface area contributed by atoms with Gasteiger partial charge in [0.15, 0.2) is 5.82 Å². The molecule has 0 amide bonds. The molecule has 0 spiro atoms. The summed E-state index contributed by atoms with van der Waals surface area (Å²) in [5.41, 5.74) is 0. The number of aromatic nitrogens is 3. The largest absolute Gasteiger partial charge is 0.379 e. The average Bonchev–Trinajstić information content (AvgIpc) is 3.14. The van der Waals surface area contributed by atoms with Crippen LogP contribution in [0.5, 0.6) is 0 Å². The zero-order valence-corrected chi connectivity index (χ0v) is 13.2. The number of rotatable bonds is 4. The minimum absolute atomic E-state index is 0.161. The van der Waals surface area contributed by atoms with Crippen LogP contribution in [-0.4, -0.2) is 78.3 Å². The highest BCUT2D eigenvalue weighted by molar-refractivity contribution is 7.86. The smallest absolute Gasteiger partial charge is 0.282 e. The van der Waals surface area contributed by atoms with Gasteiger partial charge in [-0.3, -0.25) is 9.49 Å². The van der Waals surface area contributed by atoms with Crippen molar-refractivity contribution < 1.29 is 17.5 Å². The van der Waals surface area contributed by atoms with Gasteiger partial charge in [-0.2, -0.15) is 22.1 Å². The summed E-state index contributed by atoms with van der Waals surface area (Å²) >= 11 is 0. The van der Waals surface area contributed by atoms with Gasteiger partial charge < -0.3 is 4.74 Å². The Morgan fingerprint density at radius 1 is 1.32 bits per heavy atom. The molecular formula is C12H20FN5O3S. The highest BCUT2D eigenvalue weighted by Gasteiger charge is 2.43. The summed E-state index contributed by atoms with van der Waals surface area (Å²) in [6.07, 6.45) is 0. The van der Waals surface area contributed by atoms with E-state index in [-0.39, 0.29) is 19.0 Å². The maximum absolute atomic E-state index is 13.3. The molecule has 0 bridgehead atoms. The van der Waals surface area contributed by atoms with Gasteiger partial charge in [-0.1, -0.05) is 0 Å². The molecule has 22 heavy (non-hydrogen) atoms. The average molecular weight is 333 g/mol. The molecule has 8 nitrogen and oxygen atoms in total. The van der Waals surface area contributed by atoms with Gasteiger partial charge in [0.05, 0.1) is 19.9 Å². The first kappa shape index (κ1) is 15.8. The van der Waals surface area contributed by atoms with Crippen LogP contribution in [0.4, 0.5) is 4.39 Å². The molecule has 2 aliphatic heterocycles. The SMILES string of the molecule is Cc1nc([C@@H]2CN(S(=O)(=O)N3CCOCC3)C[C@H]2CF)n[nH]1. The van der Waals surface area contributed by atoms with Crippen LogP contribution >= 0.6 is 0 Å². The number of aromatic amines is 1. The number of hydrogen-bond donors (Lipinski definition) is 1. The van der Waals surface area contributed by atoms with E-state index in [0.717, 1.165) is 0 Å². The standard InChI is InChI=1S/C12H20FN5O3S/c1-9-14-12(16-15-9)11-8-18(7-10(11)6-13)22(19,20)17-2-4-21-5-3-17/h10-11H,2-8H2,1H3,(H,14,15,16)/t10-,11-/m1/s1. The van der Waals surface area contributed by atoms with Crippen molar-refractivity contribution in [2.24, 2.45) is 5.92 Å². The second-order valence-electron chi connectivity index (χ2n) is 5.64. The van der Waals surface area contributed by atoms with E-state index in [1.807, 2.05) is 0 Å². The Bertz CT molecular complexity index is 616. The maximum Gasteiger partial charge on any atom is 0.282 e. The molecule has 0 unspecified atom stereocenters. The second-order valence-corrected chi connectivity index (χ2v) is 7.56. The van der Waals surface area contributed by atoms with Crippen LogP contribution in [0, 0.1) is 12.8 Å².